The van der Waals surface area contributed by atoms with Crippen LogP contribution in [0.4, 0.5) is 5.69 Å². The lowest BCUT2D eigenvalue weighted by Crippen LogP contribution is -2.29. The third-order valence-electron chi connectivity index (χ3n) is 4.01. The molecule has 1 aromatic rings. The molecule has 0 radical (unpaired) electrons. The summed E-state index contributed by atoms with van der Waals surface area (Å²) in [4.78, 5) is 23.2. The first-order valence-electron chi connectivity index (χ1n) is 7.01. The van der Waals surface area contributed by atoms with Gasteiger partial charge >= 0.3 is 5.97 Å². The molecule has 1 saturated carbocycles. The Bertz CT molecular complexity index is 579. The molecule has 0 unspecified atom stereocenters. The van der Waals surface area contributed by atoms with Crippen molar-refractivity contribution < 1.29 is 9.53 Å². The lowest BCUT2D eigenvalue weighted by molar-refractivity contribution is -0.141. The second-order valence-corrected chi connectivity index (χ2v) is 6.16. The summed E-state index contributed by atoms with van der Waals surface area (Å²) >= 11 is 6.07. The summed E-state index contributed by atoms with van der Waals surface area (Å²) < 4.78 is 5.51. The summed E-state index contributed by atoms with van der Waals surface area (Å²) in [5, 5.41) is 7.21. The molecule has 0 aromatic carbocycles. The van der Waals surface area contributed by atoms with E-state index in [1.54, 1.807) is 0 Å². The van der Waals surface area contributed by atoms with E-state index in [0.717, 1.165) is 11.2 Å². The third kappa shape index (κ3) is 3.75. The van der Waals surface area contributed by atoms with Crippen molar-refractivity contribution in [1.29, 1.82) is 0 Å². The van der Waals surface area contributed by atoms with E-state index < -0.39 is 11.5 Å². The molecule has 1 aromatic heterocycles. The second kappa shape index (κ2) is 6.47. The van der Waals surface area contributed by atoms with Crippen LogP contribution in [0.15, 0.2) is 11.0 Å². The molecule has 6 nitrogen and oxygen atoms in total. The summed E-state index contributed by atoms with van der Waals surface area (Å²) in [7, 11) is 1.26. The number of carbonyl (C=O) groups excluding carboxylic acids is 1. The Morgan fingerprint density at radius 1 is 1.52 bits per heavy atom. The number of nitrogens with zero attached hydrogens (tertiary/aromatic N) is 2. The maximum Gasteiger partial charge on any atom is 0.327 e. The zero-order chi connectivity index (χ0) is 15.5. The third-order valence-corrected chi connectivity index (χ3v) is 4.37. The quantitative estimate of drug-likeness (QED) is 0.842. The first kappa shape index (κ1) is 15.8. The van der Waals surface area contributed by atoms with Gasteiger partial charge in [0, 0.05) is 6.54 Å². The van der Waals surface area contributed by atoms with E-state index in [0.29, 0.717) is 5.69 Å². The lowest BCUT2D eigenvalue weighted by Gasteiger charge is -2.24. The molecule has 7 heteroatoms. The topological polar surface area (TPSA) is 73.2 Å². The van der Waals surface area contributed by atoms with E-state index in [4.69, 9.17) is 11.6 Å². The molecule has 1 N–H and O–H groups in total. The molecule has 2 rings (SSSR count). The van der Waals surface area contributed by atoms with Gasteiger partial charge in [-0.3, -0.25) is 9.59 Å². The monoisotopic (exact) mass is 313 g/mol. The van der Waals surface area contributed by atoms with E-state index in [1.807, 2.05) is 0 Å². The van der Waals surface area contributed by atoms with E-state index in [2.05, 4.69) is 22.1 Å². The zero-order valence-corrected chi connectivity index (χ0v) is 13.1. The highest BCUT2D eigenvalue weighted by atomic mass is 35.5. The Balaban J connectivity index is 2.09. The van der Waals surface area contributed by atoms with Crippen LogP contribution in [-0.4, -0.2) is 29.4 Å². The van der Waals surface area contributed by atoms with Crippen LogP contribution in [-0.2, 0) is 16.1 Å². The molecule has 21 heavy (non-hydrogen) atoms. The van der Waals surface area contributed by atoms with Crippen LogP contribution >= 0.6 is 11.6 Å². The van der Waals surface area contributed by atoms with Gasteiger partial charge < -0.3 is 10.1 Å². The van der Waals surface area contributed by atoms with Crippen molar-refractivity contribution in [2.45, 2.75) is 39.2 Å². The molecule has 1 fully saturated rings. The minimum absolute atomic E-state index is 0.0514. The van der Waals surface area contributed by atoms with Crippen LogP contribution in [0.25, 0.3) is 0 Å². The standard InChI is InChI=1S/C14H20ClN3O3/c1-14(5-3-4-6-14)9-16-10-7-17-18(8-11(19)21-2)13(20)12(10)15/h7,16H,3-6,8-9H2,1-2H3. The Hall–Kier alpha value is -1.56. The number of methoxy groups -OCH3 is 1. The number of hydrogen-bond acceptors (Lipinski definition) is 5. The number of anilines is 1. The van der Waals surface area contributed by atoms with Gasteiger partial charge in [0.1, 0.15) is 11.6 Å². The van der Waals surface area contributed by atoms with Gasteiger partial charge in [0.25, 0.3) is 5.56 Å². The van der Waals surface area contributed by atoms with Crippen molar-refractivity contribution in [2.24, 2.45) is 5.41 Å². The largest absolute Gasteiger partial charge is 0.468 e. The fourth-order valence-electron chi connectivity index (χ4n) is 2.60. The molecule has 0 spiro atoms. The number of carbonyl (C=O) groups is 1. The van der Waals surface area contributed by atoms with E-state index in [9.17, 15) is 9.59 Å². The van der Waals surface area contributed by atoms with Gasteiger partial charge in [0.05, 0.1) is 19.0 Å². The minimum Gasteiger partial charge on any atom is -0.468 e. The summed E-state index contributed by atoms with van der Waals surface area (Å²) in [6, 6.07) is 0. The molecule has 0 aliphatic heterocycles. The van der Waals surface area contributed by atoms with Crippen molar-refractivity contribution in [2.75, 3.05) is 19.0 Å². The molecule has 0 amide bonds. The van der Waals surface area contributed by atoms with Gasteiger partial charge in [0.2, 0.25) is 0 Å². The molecule has 0 atom stereocenters. The van der Waals surface area contributed by atoms with Crippen LogP contribution in [0.2, 0.25) is 5.02 Å². The van der Waals surface area contributed by atoms with Crippen molar-refractivity contribution in [3.8, 4) is 0 Å². The second-order valence-electron chi connectivity index (χ2n) is 5.78. The number of nitrogens with one attached hydrogen (secondary N) is 1. The van der Waals surface area contributed by atoms with Gasteiger partial charge in [-0.15, -0.1) is 0 Å². The van der Waals surface area contributed by atoms with Gasteiger partial charge in [-0.25, -0.2) is 4.68 Å². The van der Waals surface area contributed by atoms with Gasteiger partial charge in [0.15, 0.2) is 0 Å². The maximum atomic E-state index is 12.0. The maximum absolute atomic E-state index is 12.0. The fourth-order valence-corrected chi connectivity index (χ4v) is 2.81. The number of esters is 1. The van der Waals surface area contributed by atoms with Crippen molar-refractivity contribution in [1.82, 2.24) is 9.78 Å². The van der Waals surface area contributed by atoms with Crippen LogP contribution < -0.4 is 10.9 Å². The molecule has 1 aliphatic carbocycles. The van der Waals surface area contributed by atoms with Gasteiger partial charge in [-0.05, 0) is 18.3 Å². The van der Waals surface area contributed by atoms with E-state index >= 15 is 0 Å². The smallest absolute Gasteiger partial charge is 0.327 e. The normalized spacial score (nSPS) is 16.7. The Kier molecular flexibility index (Phi) is 4.88. The highest BCUT2D eigenvalue weighted by Gasteiger charge is 2.28. The molecule has 1 aliphatic rings. The van der Waals surface area contributed by atoms with E-state index in [1.165, 1.54) is 39.0 Å². The summed E-state index contributed by atoms with van der Waals surface area (Å²) in [6.07, 6.45) is 6.30. The predicted octanol–water partition coefficient (Wildman–Crippen LogP) is 2.06. The molecule has 0 bridgehead atoms. The van der Waals surface area contributed by atoms with Crippen LogP contribution in [0.5, 0.6) is 0 Å². The van der Waals surface area contributed by atoms with E-state index in [-0.39, 0.29) is 17.0 Å². The number of halogens is 1. The predicted molar refractivity (Wildman–Crippen MR) is 80.6 cm³/mol. The number of rotatable bonds is 5. The molecule has 116 valence electrons. The van der Waals surface area contributed by atoms with Crippen molar-refractivity contribution in [3.63, 3.8) is 0 Å². The van der Waals surface area contributed by atoms with Crippen LogP contribution in [0, 0.1) is 5.41 Å². The minimum atomic E-state index is -0.542. The van der Waals surface area contributed by atoms with Crippen LogP contribution in [0.3, 0.4) is 0 Å². The molecular formula is C14H20ClN3O3. The SMILES string of the molecule is COC(=O)Cn1ncc(NCC2(C)CCCC2)c(Cl)c1=O. The summed E-state index contributed by atoms with van der Waals surface area (Å²) in [5.41, 5.74) is 0.254. The Labute approximate surface area is 128 Å². The number of ether oxygens (including phenoxy) is 1. The highest BCUT2D eigenvalue weighted by molar-refractivity contribution is 6.32. The van der Waals surface area contributed by atoms with Crippen LogP contribution in [0.1, 0.15) is 32.6 Å². The summed E-state index contributed by atoms with van der Waals surface area (Å²) in [6.45, 7) is 2.74. The Morgan fingerprint density at radius 3 is 2.81 bits per heavy atom. The first-order chi connectivity index (χ1) is 9.95. The Morgan fingerprint density at radius 2 is 2.19 bits per heavy atom. The highest BCUT2D eigenvalue weighted by Crippen LogP contribution is 2.37. The van der Waals surface area contributed by atoms with Gasteiger partial charge in [-0.2, -0.15) is 5.10 Å². The number of hydrogen-bond donors (Lipinski definition) is 1. The summed E-state index contributed by atoms with van der Waals surface area (Å²) in [5.74, 6) is -0.542. The number of aromatic nitrogens is 2. The average Bonchev–Trinajstić information content (AvgIpc) is 2.90. The molecular weight excluding hydrogens is 294 g/mol. The zero-order valence-electron chi connectivity index (χ0n) is 12.3. The van der Waals surface area contributed by atoms with Crippen molar-refractivity contribution >= 4 is 23.3 Å². The lowest BCUT2D eigenvalue weighted by atomic mass is 9.89. The first-order valence-corrected chi connectivity index (χ1v) is 7.39. The molecule has 0 saturated heterocycles. The van der Waals surface area contributed by atoms with Gasteiger partial charge in [-0.1, -0.05) is 31.4 Å². The fraction of sp³-hybridized carbons (Fsp3) is 0.643. The molecule has 1 heterocycles. The average molecular weight is 314 g/mol. The van der Waals surface area contributed by atoms with Crippen molar-refractivity contribution in [3.05, 3.63) is 21.6 Å².